The van der Waals surface area contributed by atoms with Crippen molar-refractivity contribution in [2.45, 2.75) is 88.4 Å². The summed E-state index contributed by atoms with van der Waals surface area (Å²) < 4.78 is 35.2. The molecule has 4 atom stereocenters. The molecule has 2 aromatic rings. The van der Waals surface area contributed by atoms with E-state index in [4.69, 9.17) is 4.74 Å². The van der Waals surface area contributed by atoms with Crippen LogP contribution in [-0.2, 0) is 26.0 Å². The van der Waals surface area contributed by atoms with Crippen LogP contribution >= 0.6 is 0 Å². The first-order valence-corrected chi connectivity index (χ1v) is 14.3. The molecular formula is C28H37NO5S. The van der Waals surface area contributed by atoms with E-state index in [9.17, 15) is 18.3 Å². The lowest BCUT2D eigenvalue weighted by atomic mass is 9.92. The Morgan fingerprint density at radius 1 is 1.11 bits per heavy atom. The highest BCUT2D eigenvalue weighted by atomic mass is 32.2. The van der Waals surface area contributed by atoms with Gasteiger partial charge in [-0.05, 0) is 48.9 Å². The predicted molar refractivity (Wildman–Crippen MR) is 135 cm³/mol. The predicted octanol–water partition coefficient (Wildman–Crippen LogP) is 4.84. The number of carbonyl (C=O) groups excluding carboxylic acids is 1. The molecule has 2 N–H and O–H groups in total. The summed E-state index contributed by atoms with van der Waals surface area (Å²) in [5.74, 6) is -0.527. The van der Waals surface area contributed by atoms with Crippen LogP contribution in [0.1, 0.15) is 74.6 Å². The number of hydrogen-bond acceptors (Lipinski definition) is 5. The molecule has 2 aromatic carbocycles. The van der Waals surface area contributed by atoms with Crippen molar-refractivity contribution in [3.05, 3.63) is 65.2 Å². The summed E-state index contributed by atoms with van der Waals surface area (Å²) in [4.78, 5) is 13.5. The number of sulfonamides is 1. The molecule has 0 aliphatic heterocycles. The number of aliphatic hydroxyl groups excluding tert-OH is 1. The number of aryl methyl sites for hydroxylation is 1. The maximum atomic E-state index is 13.3. The smallest absolute Gasteiger partial charge is 0.311 e. The van der Waals surface area contributed by atoms with Crippen LogP contribution in [0.3, 0.4) is 0 Å². The van der Waals surface area contributed by atoms with Crippen molar-refractivity contribution in [3.8, 4) is 0 Å². The lowest BCUT2D eigenvalue weighted by molar-refractivity contribution is -0.159. The number of ether oxygens (including phenoxy) is 1. The highest BCUT2D eigenvalue weighted by Gasteiger charge is 2.41. The number of fused-ring (bicyclic) bond motifs is 1. The molecule has 0 heterocycles. The highest BCUT2D eigenvalue weighted by molar-refractivity contribution is 7.89. The summed E-state index contributed by atoms with van der Waals surface area (Å²) in [5.41, 5.74) is 2.76. The Morgan fingerprint density at radius 2 is 1.83 bits per heavy atom. The summed E-state index contributed by atoms with van der Waals surface area (Å²) in [6.45, 7) is 4.01. The fourth-order valence-corrected chi connectivity index (χ4v) is 6.17. The van der Waals surface area contributed by atoms with Gasteiger partial charge in [0.05, 0.1) is 23.0 Å². The topological polar surface area (TPSA) is 92.7 Å². The second-order valence-corrected chi connectivity index (χ2v) is 11.9. The van der Waals surface area contributed by atoms with Gasteiger partial charge in [0.25, 0.3) is 0 Å². The van der Waals surface area contributed by atoms with E-state index in [0.717, 1.165) is 48.8 Å². The molecule has 1 fully saturated rings. The van der Waals surface area contributed by atoms with Crippen LogP contribution in [0.25, 0.3) is 0 Å². The number of unbranched alkanes of at least 4 members (excludes halogenated alkanes) is 2. The zero-order valence-corrected chi connectivity index (χ0v) is 21.5. The Bertz CT molecular complexity index is 1110. The average Bonchev–Trinajstić information content (AvgIpc) is 3.60. The van der Waals surface area contributed by atoms with E-state index >= 15 is 0 Å². The van der Waals surface area contributed by atoms with Crippen LogP contribution in [0.2, 0.25) is 0 Å². The van der Waals surface area contributed by atoms with Crippen LogP contribution in [0.5, 0.6) is 0 Å². The molecular weight excluding hydrogens is 462 g/mol. The maximum Gasteiger partial charge on any atom is 0.311 e. The van der Waals surface area contributed by atoms with Crippen molar-refractivity contribution in [3.63, 3.8) is 0 Å². The monoisotopic (exact) mass is 499 g/mol. The summed E-state index contributed by atoms with van der Waals surface area (Å²) in [7, 11) is -3.82. The summed E-state index contributed by atoms with van der Waals surface area (Å²) in [6, 6.07) is 13.6. The van der Waals surface area contributed by atoms with E-state index in [2.05, 4.69) is 11.6 Å². The van der Waals surface area contributed by atoms with Crippen LogP contribution < -0.4 is 4.72 Å². The number of rotatable bonds is 12. The Morgan fingerprint density at radius 3 is 2.51 bits per heavy atom. The van der Waals surface area contributed by atoms with Crippen LogP contribution in [0.15, 0.2) is 53.4 Å². The molecule has 7 heteroatoms. The maximum absolute atomic E-state index is 13.3. The van der Waals surface area contributed by atoms with Crippen molar-refractivity contribution < 1.29 is 23.1 Å². The van der Waals surface area contributed by atoms with Gasteiger partial charge in [-0.25, -0.2) is 8.42 Å². The molecule has 2 aliphatic carbocycles. The van der Waals surface area contributed by atoms with Gasteiger partial charge < -0.3 is 9.84 Å². The molecule has 2 aliphatic rings. The molecule has 190 valence electrons. The number of aliphatic hydroxyl groups is 1. The van der Waals surface area contributed by atoms with Gasteiger partial charge in [0.1, 0.15) is 6.10 Å². The molecule has 0 saturated heterocycles. The second kappa shape index (κ2) is 11.2. The van der Waals surface area contributed by atoms with Gasteiger partial charge in [0, 0.05) is 6.42 Å². The van der Waals surface area contributed by atoms with Crippen molar-refractivity contribution in [1.82, 2.24) is 4.72 Å². The zero-order chi connectivity index (χ0) is 25.0. The molecule has 0 aromatic heterocycles. The van der Waals surface area contributed by atoms with Gasteiger partial charge >= 0.3 is 5.97 Å². The van der Waals surface area contributed by atoms with Gasteiger partial charge in [0.2, 0.25) is 10.0 Å². The van der Waals surface area contributed by atoms with E-state index in [1.54, 1.807) is 24.3 Å². The van der Waals surface area contributed by atoms with Gasteiger partial charge in [0.15, 0.2) is 0 Å². The van der Waals surface area contributed by atoms with E-state index in [1.165, 1.54) is 0 Å². The van der Waals surface area contributed by atoms with Crippen molar-refractivity contribution in [1.29, 1.82) is 0 Å². The third kappa shape index (κ3) is 6.51. The Labute approximate surface area is 209 Å². The SMILES string of the molecule is CCCCC[C@@H](O)[C@@H](CC1CC1)C(=O)O[C@H]1Cc2ccccc2[C@H]1NS(=O)(=O)c1ccc(C)cc1. The van der Waals surface area contributed by atoms with Crippen molar-refractivity contribution in [2.75, 3.05) is 0 Å². The van der Waals surface area contributed by atoms with E-state index < -0.39 is 40.2 Å². The minimum absolute atomic E-state index is 0.176. The standard InChI is InChI=1S/C28H37NO5S/c1-3-4-5-10-25(30)24(17-20-13-14-20)28(31)34-26-18-21-8-6-7-9-23(21)27(26)29-35(32,33)22-15-11-19(2)12-16-22/h6-9,11-12,15-16,20,24-27,29-30H,3-5,10,13-14,17-18H2,1-2H3/t24-,25-,26+,27-/m1/s1. The highest BCUT2D eigenvalue weighted by Crippen LogP contribution is 2.39. The summed E-state index contributed by atoms with van der Waals surface area (Å²) in [5, 5.41) is 10.8. The van der Waals surface area contributed by atoms with Crippen molar-refractivity contribution >= 4 is 16.0 Å². The number of carbonyl (C=O) groups is 1. The molecule has 0 amide bonds. The lowest BCUT2D eigenvalue weighted by Crippen LogP contribution is -2.39. The van der Waals surface area contributed by atoms with Gasteiger partial charge in [-0.2, -0.15) is 4.72 Å². The first-order chi connectivity index (χ1) is 16.8. The third-order valence-corrected chi connectivity index (χ3v) is 8.68. The number of esters is 1. The average molecular weight is 500 g/mol. The molecule has 0 unspecified atom stereocenters. The normalized spacial score (nSPS) is 21.3. The lowest BCUT2D eigenvalue weighted by Gasteiger charge is -2.27. The molecule has 0 radical (unpaired) electrons. The third-order valence-electron chi connectivity index (χ3n) is 7.22. The number of hydrogen-bond donors (Lipinski definition) is 2. The molecule has 35 heavy (non-hydrogen) atoms. The largest absolute Gasteiger partial charge is 0.460 e. The molecule has 6 nitrogen and oxygen atoms in total. The second-order valence-electron chi connectivity index (χ2n) is 10.1. The molecule has 4 rings (SSSR count). The van der Waals surface area contributed by atoms with Crippen LogP contribution in [-0.4, -0.2) is 31.7 Å². The molecule has 0 spiro atoms. The van der Waals surface area contributed by atoms with Crippen molar-refractivity contribution in [2.24, 2.45) is 11.8 Å². The quantitative estimate of drug-likeness (QED) is 0.322. The minimum Gasteiger partial charge on any atom is -0.460 e. The van der Waals surface area contributed by atoms with E-state index in [1.807, 2.05) is 31.2 Å². The van der Waals surface area contributed by atoms with Gasteiger partial charge in [-0.1, -0.05) is 81.0 Å². The fraction of sp³-hybridized carbons (Fsp3) is 0.536. The molecule has 0 bridgehead atoms. The van der Waals surface area contributed by atoms with Crippen LogP contribution in [0, 0.1) is 18.8 Å². The van der Waals surface area contributed by atoms with E-state index in [-0.39, 0.29) is 4.90 Å². The van der Waals surface area contributed by atoms with E-state index in [0.29, 0.717) is 25.2 Å². The minimum atomic E-state index is -3.82. The van der Waals surface area contributed by atoms with Gasteiger partial charge in [-0.15, -0.1) is 0 Å². The Hall–Kier alpha value is -2.22. The summed E-state index contributed by atoms with van der Waals surface area (Å²) >= 11 is 0. The zero-order valence-electron chi connectivity index (χ0n) is 20.7. The molecule has 1 saturated carbocycles. The Balaban J connectivity index is 1.52. The first kappa shape index (κ1) is 25.9. The summed E-state index contributed by atoms with van der Waals surface area (Å²) in [6.07, 6.45) is 5.35. The number of benzene rings is 2. The van der Waals surface area contributed by atoms with Crippen LogP contribution in [0.4, 0.5) is 0 Å². The first-order valence-electron chi connectivity index (χ1n) is 12.8. The fourth-order valence-electron chi connectivity index (χ4n) is 4.92. The van der Waals surface area contributed by atoms with Gasteiger partial charge in [-0.3, -0.25) is 4.79 Å². The Kier molecular flexibility index (Phi) is 8.30. The number of nitrogens with one attached hydrogen (secondary N) is 1.